The van der Waals surface area contributed by atoms with Crippen molar-refractivity contribution >= 4 is 140 Å². The van der Waals surface area contributed by atoms with Crippen LogP contribution in [-0.4, -0.2) is 220 Å². The van der Waals surface area contributed by atoms with Crippen LogP contribution in [-0.2, 0) is 63.6 Å². The zero-order valence-electron chi connectivity index (χ0n) is 66.2. The number of nitrogens with two attached hydrogens (primary N) is 1. The second-order valence-corrected chi connectivity index (χ2v) is 32.5. The molecule has 5 aliphatic rings. The fourth-order valence-electron chi connectivity index (χ4n) is 13.4. The molecule has 0 spiro atoms. The molecule has 7 N–H and O–H groups in total. The maximum absolute atomic E-state index is 12.1. The summed E-state index contributed by atoms with van der Waals surface area (Å²) in [7, 11) is 3.91. The lowest BCUT2D eigenvalue weighted by atomic mass is 10.0. The monoisotopic (exact) mass is 1750 g/mol. The zero-order chi connectivity index (χ0) is 82.3. The lowest BCUT2D eigenvalue weighted by Crippen LogP contribution is -2.36. The van der Waals surface area contributed by atoms with E-state index in [1.165, 1.54) is 18.6 Å². The largest absolute Gasteiger partial charge is 0.444 e. The van der Waals surface area contributed by atoms with Gasteiger partial charge in [0.15, 0.2) is 33.9 Å². The number of carbonyl (C=O) groups excluding carboxylic acids is 5. The molecule has 31 nitrogen and oxygen atoms in total. The average Bonchev–Trinajstić information content (AvgIpc) is 1.73. The van der Waals surface area contributed by atoms with Crippen molar-refractivity contribution in [2.75, 3.05) is 65.4 Å². The molecule has 12 aromatic heterocycles. The molecule has 4 amide bonds. The van der Waals surface area contributed by atoms with Crippen molar-refractivity contribution in [3.8, 4) is 0 Å². The number of carbonyl (C=O) groups is 5. The number of allylic oxidation sites excluding steroid dienone is 1. The lowest BCUT2D eigenvalue weighted by molar-refractivity contribution is -0.125. The van der Waals surface area contributed by atoms with Gasteiger partial charge in [-0.05, 0) is 234 Å². The third-order valence-electron chi connectivity index (χ3n) is 19.0. The van der Waals surface area contributed by atoms with Gasteiger partial charge in [-0.2, -0.15) is 0 Å². The highest BCUT2D eigenvalue weighted by molar-refractivity contribution is 9.10. The number of nitrogens with zero attached hydrogens (tertiary/aromatic N) is 18. The maximum Gasteiger partial charge on any atom is 0.410 e. The predicted molar refractivity (Wildman–Crippen MR) is 464 cm³/mol. The maximum atomic E-state index is 12.1. The van der Waals surface area contributed by atoms with Crippen molar-refractivity contribution in [3.05, 3.63) is 181 Å². The molecule has 17 rings (SSSR count). The summed E-state index contributed by atoms with van der Waals surface area (Å²) in [6.07, 6.45) is 34.1. The molecule has 0 radical (unpaired) electrons. The van der Waals surface area contributed by atoms with E-state index in [1.54, 1.807) is 22.2 Å². The van der Waals surface area contributed by atoms with Crippen molar-refractivity contribution < 1.29 is 33.4 Å². The molecule has 0 unspecified atom stereocenters. The summed E-state index contributed by atoms with van der Waals surface area (Å²) in [6, 6.07) is 11.7. The molecular weight excluding hydrogens is 1640 g/mol. The van der Waals surface area contributed by atoms with Crippen LogP contribution < -0.4 is 11.1 Å². The third kappa shape index (κ3) is 28.0. The first-order chi connectivity index (χ1) is 55.0. The van der Waals surface area contributed by atoms with Gasteiger partial charge in [0, 0.05) is 110 Å². The van der Waals surface area contributed by atoms with Gasteiger partial charge in [0.2, 0.25) is 17.1 Å². The number of aromatic nitrogens is 18. The van der Waals surface area contributed by atoms with E-state index >= 15 is 0 Å². The zero-order valence-corrected chi connectivity index (χ0v) is 70.1. The first kappa shape index (κ1) is 91.8. The van der Waals surface area contributed by atoms with Crippen LogP contribution in [0.1, 0.15) is 111 Å². The Kier molecular flexibility index (Phi) is 34.1. The van der Waals surface area contributed by atoms with Crippen LogP contribution in [0.15, 0.2) is 158 Å². The van der Waals surface area contributed by atoms with Crippen molar-refractivity contribution in [2.24, 2.45) is 43.5 Å². The summed E-state index contributed by atoms with van der Waals surface area (Å²) in [5.41, 5.74) is 19.5. The SMILES string of the molecule is Brc1cnc2[nH]ccc2n1.C.C.C=CC(=O)Cl.C=CC(=O)N1CC[C@@H](Cc2cnc3[nH]ccc3n2)C1.C=CC(=O)N1CC[C@@H](Cc2cnc3[nH]ccc3n2)C1.CC(C)(C)OC(=O)N1CC[C@@H](N)C1.Cn1ccc2nc(Br)cnc21.Cn1ccc2nc(C[C@@H]3CCN(C(=O)OC(C)(C)C)C3)cnc21.c1cc2nc(C[C@@H]3CCNC3)cnc2[nH]1. The molecule has 0 aliphatic carbocycles. The number of aromatic amines is 4. The molecule has 5 fully saturated rings. The molecule has 0 aromatic carbocycles. The van der Waals surface area contributed by atoms with Gasteiger partial charge >= 0.3 is 12.2 Å². The second-order valence-electron chi connectivity index (χ2n) is 30.5. The summed E-state index contributed by atoms with van der Waals surface area (Å²) in [6.45, 7) is 29.7. The molecule has 117 heavy (non-hydrogen) atoms. The number of aryl methyl sites for hydroxylation is 2. The molecule has 0 bridgehead atoms. The van der Waals surface area contributed by atoms with Gasteiger partial charge in [-0.1, -0.05) is 34.6 Å². The number of H-pyrrole nitrogens is 4. The van der Waals surface area contributed by atoms with Crippen LogP contribution in [0.2, 0.25) is 0 Å². The van der Waals surface area contributed by atoms with E-state index in [0.717, 1.165) is 221 Å². The van der Waals surface area contributed by atoms with E-state index < -0.39 is 16.4 Å². The van der Waals surface area contributed by atoms with Gasteiger partial charge in [-0.3, -0.25) is 14.4 Å². The second kappa shape index (κ2) is 43.5. The smallest absolute Gasteiger partial charge is 0.410 e. The van der Waals surface area contributed by atoms with E-state index in [2.05, 4.69) is 137 Å². The van der Waals surface area contributed by atoms with Crippen molar-refractivity contribution in [1.29, 1.82) is 0 Å². The molecule has 5 saturated heterocycles. The highest BCUT2D eigenvalue weighted by atomic mass is 79.9. The molecule has 5 atom stereocenters. The van der Waals surface area contributed by atoms with Crippen LogP contribution in [0.25, 0.3) is 67.0 Å². The first-order valence-electron chi connectivity index (χ1n) is 38.1. The number of hydrogen-bond donors (Lipinski definition) is 6. The summed E-state index contributed by atoms with van der Waals surface area (Å²) >= 11 is 11.2. The summed E-state index contributed by atoms with van der Waals surface area (Å²) in [5.74, 6) is 2.13. The van der Waals surface area contributed by atoms with Gasteiger partial charge in [0.1, 0.15) is 53.5 Å². The van der Waals surface area contributed by atoms with Crippen LogP contribution in [0.3, 0.4) is 0 Å². The number of ether oxygens (including phenoxy) is 2. The number of hydrogen-bond acceptors (Lipinski definition) is 21. The van der Waals surface area contributed by atoms with Crippen molar-refractivity contribution in [2.45, 2.75) is 131 Å². The Morgan fingerprint density at radius 3 is 1.19 bits per heavy atom. The van der Waals surface area contributed by atoms with Crippen LogP contribution in [0.5, 0.6) is 0 Å². The van der Waals surface area contributed by atoms with Gasteiger partial charge in [0.25, 0.3) is 0 Å². The molecule has 5 aliphatic heterocycles. The van der Waals surface area contributed by atoms with Gasteiger partial charge < -0.3 is 69.2 Å². The Morgan fingerprint density at radius 2 is 0.803 bits per heavy atom. The number of halogens is 3. The van der Waals surface area contributed by atoms with Crippen LogP contribution in [0.4, 0.5) is 9.59 Å². The normalized spacial score (nSPS) is 17.3. The van der Waals surface area contributed by atoms with E-state index in [-0.39, 0.29) is 44.9 Å². The van der Waals surface area contributed by atoms with Crippen LogP contribution in [0, 0.1) is 23.7 Å². The summed E-state index contributed by atoms with van der Waals surface area (Å²) in [4.78, 5) is 128. The van der Waals surface area contributed by atoms with Gasteiger partial charge in [-0.15, -0.1) is 0 Å². The molecule has 17 heterocycles. The standard InChI is InChI=1S/C17H24N4O2.2C14H16N4O.C11H14N4.C9H18N2O2.C7H6BrN3.C6H4BrN3.C3H3ClO.2CH4/c1-17(2,3)23-16(22)21-8-5-12(11-21)9-13-10-18-15-14(19-13)6-7-20(15)4;2*1-2-13(19)18-6-4-10(9-18)7-11-8-16-14-12(17-11)3-5-15-14;1-3-12-6-8(1)5-9-7-14-11-10(15-9)2-4-13-11;1-9(2,3)13-8(12)11-5-4-7(10)6-11;1-11-3-2-5-7(11)9-4-6(8)10-5;7-5-3-9-6-4(10-5)1-2-8-6;1-2-3(4)5;;/h6-7,10,12H,5,8-9,11H2,1-4H3;2*2-3,5,8,10H,1,4,6-7,9H2,(H,15,16);2,4,7-8,12H,1,3,5-6H2,(H,13,14);7H,4-6,10H2,1-3H3;2-4H,1H3;1-3H,(H,8,9);2H,1H2;2*1H4/t12-;2*10-;8-;7-;;;;;/m00001...../s1. The highest BCUT2D eigenvalue weighted by Crippen LogP contribution is 2.26. The summed E-state index contributed by atoms with van der Waals surface area (Å²) in [5, 5.41) is 2.86. The minimum Gasteiger partial charge on any atom is -0.444 e. The molecular formula is C83H109Br2ClN24O7. The van der Waals surface area contributed by atoms with Crippen molar-refractivity contribution in [1.82, 2.24) is 114 Å². The van der Waals surface area contributed by atoms with E-state index in [1.807, 2.05) is 173 Å². The van der Waals surface area contributed by atoms with Crippen molar-refractivity contribution in [3.63, 3.8) is 0 Å². The Labute approximate surface area is 703 Å². The number of fused-ring (bicyclic) bond motifs is 6. The van der Waals surface area contributed by atoms with E-state index in [4.69, 9.17) is 26.8 Å². The number of likely N-dealkylation sites (tertiary alicyclic amines) is 4. The molecule has 12 aromatic rings. The Balaban J connectivity index is 0.000000171. The van der Waals surface area contributed by atoms with Crippen LogP contribution >= 0.6 is 43.5 Å². The first-order valence-corrected chi connectivity index (χ1v) is 40.1. The van der Waals surface area contributed by atoms with E-state index in [9.17, 15) is 24.0 Å². The minimum atomic E-state index is -0.509. The topological polar surface area (TPSA) is 383 Å². The predicted octanol–water partition coefficient (Wildman–Crippen LogP) is 13.6. The molecule has 0 saturated carbocycles. The Morgan fingerprint density at radius 1 is 0.470 bits per heavy atom. The number of nitrogens with one attached hydrogen (secondary N) is 5. The molecule has 34 heteroatoms. The summed E-state index contributed by atoms with van der Waals surface area (Å²) < 4.78 is 16.1. The highest BCUT2D eigenvalue weighted by Gasteiger charge is 2.32. The third-order valence-corrected chi connectivity index (χ3v) is 19.9. The van der Waals surface area contributed by atoms with E-state index in [0.29, 0.717) is 24.3 Å². The lowest BCUT2D eigenvalue weighted by Gasteiger charge is -2.24. The number of amides is 4. The number of rotatable bonds is 11. The van der Waals surface area contributed by atoms with Gasteiger partial charge in [-0.25, -0.2) is 69.4 Å². The molecule has 624 valence electrons. The quantitative estimate of drug-likeness (QED) is 0.0517. The Bertz CT molecular complexity index is 5160. The average molecular weight is 1750 g/mol. The fraction of sp³-hybridized carbons (Fsp3) is 0.434. The van der Waals surface area contributed by atoms with Gasteiger partial charge in [0.05, 0.1) is 60.0 Å². The minimum absolute atomic E-state index is 0. The Hall–Kier alpha value is -10.7. The fourth-order valence-corrected chi connectivity index (χ4v) is 14.0.